The molecule has 5 N–H and O–H groups in total. The van der Waals surface area contributed by atoms with Gasteiger partial charge in [0.05, 0.1) is 25.0 Å². The number of hydrogen-bond acceptors (Lipinski definition) is 10. The Morgan fingerprint density at radius 2 is 2.03 bits per heavy atom. The number of amides is 1. The molecule has 2 aliphatic rings. The maximum absolute atomic E-state index is 12.5. The van der Waals surface area contributed by atoms with Crippen LogP contribution in [0.4, 0.5) is 5.82 Å². The fraction of sp³-hybridized carbons (Fsp3) is 0.500. The highest BCUT2D eigenvalue weighted by Gasteiger charge is 2.44. The first-order valence-electron chi connectivity index (χ1n) is 11.4. The molecule has 0 radical (unpaired) electrons. The number of carbonyl (C=O) groups excluding carboxylic acids is 1. The molecule has 12 heteroatoms. The van der Waals surface area contributed by atoms with E-state index in [-0.39, 0.29) is 18.5 Å². The summed E-state index contributed by atoms with van der Waals surface area (Å²) in [5.74, 6) is 0.575. The van der Waals surface area contributed by atoms with Crippen LogP contribution in [0.2, 0.25) is 0 Å². The molecule has 3 aromatic rings. The molecule has 1 aliphatic carbocycles. The molecule has 0 spiro atoms. The van der Waals surface area contributed by atoms with E-state index in [1.807, 2.05) is 0 Å². The molecular weight excluding hydrogens is 442 g/mol. The molecule has 34 heavy (non-hydrogen) atoms. The predicted molar refractivity (Wildman–Crippen MR) is 120 cm³/mol. The van der Waals surface area contributed by atoms with E-state index in [0.29, 0.717) is 28.4 Å². The maximum Gasteiger partial charge on any atom is 0.253 e. The van der Waals surface area contributed by atoms with Crippen molar-refractivity contribution in [2.45, 2.75) is 62.8 Å². The lowest BCUT2D eigenvalue weighted by molar-refractivity contribution is -0.0511. The molecule has 1 saturated heterocycles. The first-order valence-corrected chi connectivity index (χ1v) is 11.4. The number of ether oxygens (including phenoxy) is 1. The molecule has 4 heterocycles. The molecule has 4 atom stereocenters. The first kappa shape index (κ1) is 22.6. The number of aliphatic hydroxyl groups is 3. The van der Waals surface area contributed by atoms with Crippen molar-refractivity contribution in [1.82, 2.24) is 29.8 Å². The van der Waals surface area contributed by atoms with Crippen LogP contribution in [-0.4, -0.2) is 76.7 Å². The zero-order valence-electron chi connectivity index (χ0n) is 18.4. The van der Waals surface area contributed by atoms with Gasteiger partial charge in [-0.25, -0.2) is 15.0 Å². The van der Waals surface area contributed by atoms with Crippen molar-refractivity contribution in [2.75, 3.05) is 11.9 Å². The summed E-state index contributed by atoms with van der Waals surface area (Å²) in [5, 5.41) is 36.4. The van der Waals surface area contributed by atoms with Gasteiger partial charge in [-0.2, -0.15) is 0 Å². The van der Waals surface area contributed by atoms with Gasteiger partial charge in [0.25, 0.3) is 5.91 Å². The minimum absolute atomic E-state index is 0.0597. The molecule has 5 rings (SSSR count). The lowest BCUT2D eigenvalue weighted by Gasteiger charge is -2.18. The van der Waals surface area contributed by atoms with Crippen LogP contribution < -0.4 is 10.6 Å². The summed E-state index contributed by atoms with van der Waals surface area (Å²) in [6, 6.07) is 3.60. The summed E-state index contributed by atoms with van der Waals surface area (Å²) in [6.07, 6.45) is 4.43. The van der Waals surface area contributed by atoms with Crippen LogP contribution in [-0.2, 0) is 11.3 Å². The number of pyridine rings is 1. The second kappa shape index (κ2) is 9.58. The van der Waals surface area contributed by atoms with Crippen LogP contribution in [0.1, 0.15) is 48.1 Å². The number of aromatic nitrogens is 5. The lowest BCUT2D eigenvalue weighted by Crippen LogP contribution is -2.33. The minimum atomic E-state index is -1.27. The standard InChI is InChI=1S/C22H27N7O5/c30-10-14-17(31)18(32)22(34-14)29-11-25-16-19(26-13-5-1-2-6-13)27-15(28-20(16)29)9-24-21(33)12-4-3-7-23-8-12/h3-4,7-8,11,13-14,17-18,22,30-32H,1-2,5-6,9-10H2,(H,24,33)(H,26,27,28)/t14-,17-,18-,22-/m1/s1. The summed E-state index contributed by atoms with van der Waals surface area (Å²) < 4.78 is 7.19. The van der Waals surface area contributed by atoms with Gasteiger partial charge in [-0.15, -0.1) is 0 Å². The monoisotopic (exact) mass is 469 g/mol. The number of hydrogen-bond donors (Lipinski definition) is 5. The van der Waals surface area contributed by atoms with E-state index in [1.54, 1.807) is 18.3 Å². The summed E-state index contributed by atoms with van der Waals surface area (Å²) in [5.41, 5.74) is 1.30. The normalized spacial score (nSPS) is 25.1. The van der Waals surface area contributed by atoms with E-state index in [2.05, 4.69) is 30.6 Å². The molecule has 1 saturated carbocycles. The number of nitrogens with zero attached hydrogens (tertiary/aromatic N) is 5. The highest BCUT2D eigenvalue weighted by atomic mass is 16.6. The summed E-state index contributed by atoms with van der Waals surface area (Å²) >= 11 is 0. The summed E-state index contributed by atoms with van der Waals surface area (Å²) in [4.78, 5) is 30.1. The number of aliphatic hydroxyl groups excluding tert-OH is 3. The van der Waals surface area contributed by atoms with Gasteiger partial charge in [-0.1, -0.05) is 12.8 Å². The van der Waals surface area contributed by atoms with Gasteiger partial charge >= 0.3 is 0 Å². The number of anilines is 1. The van der Waals surface area contributed by atoms with Crippen molar-refractivity contribution in [2.24, 2.45) is 0 Å². The van der Waals surface area contributed by atoms with Gasteiger partial charge in [0.2, 0.25) is 0 Å². The van der Waals surface area contributed by atoms with Gasteiger partial charge in [-0.05, 0) is 25.0 Å². The molecule has 0 bridgehead atoms. The fourth-order valence-electron chi connectivity index (χ4n) is 4.46. The van der Waals surface area contributed by atoms with E-state index >= 15 is 0 Å². The van der Waals surface area contributed by atoms with Gasteiger partial charge < -0.3 is 30.7 Å². The largest absolute Gasteiger partial charge is 0.394 e. The van der Waals surface area contributed by atoms with Gasteiger partial charge in [-0.3, -0.25) is 14.3 Å². The van der Waals surface area contributed by atoms with Crippen molar-refractivity contribution in [3.63, 3.8) is 0 Å². The van der Waals surface area contributed by atoms with Crippen molar-refractivity contribution in [3.05, 3.63) is 42.2 Å². The minimum Gasteiger partial charge on any atom is -0.394 e. The van der Waals surface area contributed by atoms with Crippen LogP contribution in [0.5, 0.6) is 0 Å². The average molecular weight is 470 g/mol. The maximum atomic E-state index is 12.5. The Hall–Kier alpha value is -3.19. The Kier molecular flexibility index (Phi) is 6.37. The number of fused-ring (bicyclic) bond motifs is 1. The average Bonchev–Trinajstić information content (AvgIpc) is 3.59. The predicted octanol–water partition coefficient (Wildman–Crippen LogP) is 0.117. The van der Waals surface area contributed by atoms with Crippen LogP contribution in [0.15, 0.2) is 30.9 Å². The van der Waals surface area contributed by atoms with E-state index in [0.717, 1.165) is 25.7 Å². The Morgan fingerprint density at radius 1 is 1.21 bits per heavy atom. The highest BCUT2D eigenvalue weighted by molar-refractivity contribution is 5.93. The third-order valence-corrected chi connectivity index (χ3v) is 6.29. The number of nitrogens with one attached hydrogen (secondary N) is 2. The fourth-order valence-corrected chi connectivity index (χ4v) is 4.46. The molecule has 2 fully saturated rings. The van der Waals surface area contributed by atoms with E-state index in [4.69, 9.17) is 4.74 Å². The zero-order valence-corrected chi connectivity index (χ0v) is 18.4. The highest BCUT2D eigenvalue weighted by Crippen LogP contribution is 2.33. The van der Waals surface area contributed by atoms with Crippen LogP contribution in [0.3, 0.4) is 0 Å². The Labute approximate surface area is 195 Å². The number of carbonyl (C=O) groups is 1. The third kappa shape index (κ3) is 4.32. The molecule has 1 aliphatic heterocycles. The second-order valence-electron chi connectivity index (χ2n) is 8.59. The van der Waals surface area contributed by atoms with Crippen LogP contribution >= 0.6 is 0 Å². The molecule has 12 nitrogen and oxygen atoms in total. The Bertz CT molecular complexity index is 1150. The Morgan fingerprint density at radius 3 is 2.74 bits per heavy atom. The number of imidazole rings is 1. The summed E-state index contributed by atoms with van der Waals surface area (Å²) in [6.45, 7) is -0.374. The van der Waals surface area contributed by atoms with Gasteiger partial charge in [0.15, 0.2) is 29.0 Å². The van der Waals surface area contributed by atoms with Crippen molar-refractivity contribution < 1.29 is 24.9 Å². The van der Waals surface area contributed by atoms with Crippen LogP contribution in [0.25, 0.3) is 11.2 Å². The summed E-state index contributed by atoms with van der Waals surface area (Å²) in [7, 11) is 0. The van der Waals surface area contributed by atoms with E-state index in [9.17, 15) is 20.1 Å². The van der Waals surface area contributed by atoms with E-state index in [1.165, 1.54) is 17.1 Å². The quantitative estimate of drug-likeness (QED) is 0.320. The zero-order chi connectivity index (χ0) is 23.7. The first-order chi connectivity index (χ1) is 16.5. The van der Waals surface area contributed by atoms with Crippen molar-refractivity contribution in [1.29, 1.82) is 0 Å². The molecule has 0 unspecified atom stereocenters. The molecule has 0 aromatic carbocycles. The second-order valence-corrected chi connectivity index (χ2v) is 8.59. The third-order valence-electron chi connectivity index (χ3n) is 6.29. The van der Waals surface area contributed by atoms with Gasteiger partial charge in [0, 0.05) is 18.4 Å². The van der Waals surface area contributed by atoms with Crippen molar-refractivity contribution >= 4 is 22.9 Å². The molecule has 180 valence electrons. The molecule has 3 aromatic heterocycles. The Balaban J connectivity index is 1.46. The number of rotatable bonds is 7. The lowest BCUT2D eigenvalue weighted by atomic mass is 10.1. The SMILES string of the molecule is O=C(NCc1nc(NC2CCCC2)c2ncn([C@@H]3O[C@H](CO)[C@@H](O)[C@H]3O)c2n1)c1cccnc1. The van der Waals surface area contributed by atoms with Crippen LogP contribution in [0, 0.1) is 0 Å². The molecular formula is C22H27N7O5. The molecule has 1 amide bonds. The topological polar surface area (TPSA) is 168 Å². The van der Waals surface area contributed by atoms with Crippen molar-refractivity contribution in [3.8, 4) is 0 Å². The smallest absolute Gasteiger partial charge is 0.253 e. The van der Waals surface area contributed by atoms with E-state index < -0.39 is 31.1 Å². The van der Waals surface area contributed by atoms with Gasteiger partial charge in [0.1, 0.15) is 18.3 Å².